The van der Waals surface area contributed by atoms with Gasteiger partial charge in [0, 0.05) is 19.4 Å². The highest BCUT2D eigenvalue weighted by atomic mass is 16.3. The van der Waals surface area contributed by atoms with Gasteiger partial charge < -0.3 is 15.1 Å². The van der Waals surface area contributed by atoms with Crippen LogP contribution in [-0.4, -0.2) is 35.4 Å². The van der Waals surface area contributed by atoms with Gasteiger partial charge in [0.1, 0.15) is 11.6 Å². The Morgan fingerprint density at radius 1 is 1.40 bits per heavy atom. The highest BCUT2D eigenvalue weighted by Crippen LogP contribution is 2.17. The Hall–Kier alpha value is -2.90. The van der Waals surface area contributed by atoms with Gasteiger partial charge in [-0.3, -0.25) is 14.9 Å². The van der Waals surface area contributed by atoms with Crippen LogP contribution in [0.1, 0.15) is 30.7 Å². The summed E-state index contributed by atoms with van der Waals surface area (Å²) in [5.74, 6) is -0.0375. The van der Waals surface area contributed by atoms with Crippen molar-refractivity contribution in [2.24, 2.45) is 0 Å². The second-order valence-corrected chi connectivity index (χ2v) is 6.09. The zero-order valence-corrected chi connectivity index (χ0v) is 13.9. The van der Waals surface area contributed by atoms with E-state index in [1.807, 2.05) is 25.1 Å². The van der Waals surface area contributed by atoms with Gasteiger partial charge in [-0.25, -0.2) is 9.78 Å². The molecular weight excluding hydrogens is 324 g/mol. The average molecular weight is 344 g/mol. The summed E-state index contributed by atoms with van der Waals surface area (Å²) in [6.07, 6.45) is 1.69. The first-order valence-corrected chi connectivity index (χ1v) is 8.25. The molecule has 1 saturated heterocycles. The molecule has 3 N–H and O–H groups in total. The molecule has 1 aromatic carbocycles. The fourth-order valence-electron chi connectivity index (χ4n) is 2.69. The van der Waals surface area contributed by atoms with Crippen LogP contribution >= 0.6 is 0 Å². The van der Waals surface area contributed by atoms with E-state index in [0.29, 0.717) is 25.3 Å². The molecule has 1 aromatic heterocycles. The molecule has 2 aromatic rings. The van der Waals surface area contributed by atoms with Crippen LogP contribution in [0.5, 0.6) is 0 Å². The molecular formula is C17H20N4O4. The van der Waals surface area contributed by atoms with Crippen LogP contribution in [0.4, 0.5) is 4.79 Å². The Morgan fingerprint density at radius 2 is 2.24 bits per heavy atom. The summed E-state index contributed by atoms with van der Waals surface area (Å²) in [5, 5.41) is 7.39. The van der Waals surface area contributed by atoms with E-state index in [-0.39, 0.29) is 24.7 Å². The first-order valence-electron chi connectivity index (χ1n) is 8.25. The predicted molar refractivity (Wildman–Crippen MR) is 89.8 cm³/mol. The number of carbonyl (C=O) groups excluding carboxylic acids is 3. The van der Waals surface area contributed by atoms with E-state index in [2.05, 4.69) is 20.9 Å². The number of nitrogens with zero attached hydrogens (tertiary/aromatic N) is 1. The van der Waals surface area contributed by atoms with Crippen molar-refractivity contribution in [3.8, 4) is 0 Å². The van der Waals surface area contributed by atoms with E-state index in [0.717, 1.165) is 16.7 Å². The van der Waals surface area contributed by atoms with Gasteiger partial charge in [0.15, 0.2) is 11.5 Å². The van der Waals surface area contributed by atoms with Crippen molar-refractivity contribution in [2.75, 3.05) is 6.54 Å². The standard InChI is InChI=1S/C17H20N4O4/c1-10-4-5-11-13(9-10)25-15(19-11)3-2-8-18-16(23)12-6-7-14(22)21-17(24)20-12/h4-5,9,12H,2-3,6-8H2,1H3,(H,18,23)(H2,20,21,22,24)/t12-/m1/s1. The molecule has 8 nitrogen and oxygen atoms in total. The van der Waals surface area contributed by atoms with Crippen LogP contribution in [0.3, 0.4) is 0 Å². The third-order valence-corrected chi connectivity index (χ3v) is 3.99. The fraction of sp³-hybridized carbons (Fsp3) is 0.412. The second kappa shape index (κ2) is 7.33. The van der Waals surface area contributed by atoms with Gasteiger partial charge in [-0.2, -0.15) is 0 Å². The van der Waals surface area contributed by atoms with E-state index >= 15 is 0 Å². The maximum Gasteiger partial charge on any atom is 0.322 e. The van der Waals surface area contributed by atoms with E-state index in [4.69, 9.17) is 4.42 Å². The Kier molecular flexibility index (Phi) is 4.97. The van der Waals surface area contributed by atoms with Crippen LogP contribution in [0.15, 0.2) is 22.6 Å². The first-order chi connectivity index (χ1) is 12.0. The molecule has 0 unspecified atom stereocenters. The Morgan fingerprint density at radius 3 is 3.08 bits per heavy atom. The minimum Gasteiger partial charge on any atom is -0.441 e. The molecule has 0 spiro atoms. The van der Waals surface area contributed by atoms with Gasteiger partial charge in [-0.1, -0.05) is 6.07 Å². The lowest BCUT2D eigenvalue weighted by atomic mass is 10.1. The highest BCUT2D eigenvalue weighted by molar-refractivity contribution is 5.98. The molecule has 0 aliphatic carbocycles. The molecule has 132 valence electrons. The summed E-state index contributed by atoms with van der Waals surface area (Å²) in [7, 11) is 0. The van der Waals surface area contributed by atoms with Crippen molar-refractivity contribution < 1.29 is 18.8 Å². The zero-order chi connectivity index (χ0) is 17.8. The second-order valence-electron chi connectivity index (χ2n) is 6.09. The van der Waals surface area contributed by atoms with E-state index in [1.54, 1.807) is 0 Å². The zero-order valence-electron chi connectivity index (χ0n) is 13.9. The van der Waals surface area contributed by atoms with Gasteiger partial charge in [-0.15, -0.1) is 0 Å². The SMILES string of the molecule is Cc1ccc2nc(CCCNC(=O)[C@H]3CCC(=O)NC(=O)N3)oc2c1. The maximum absolute atomic E-state index is 12.1. The lowest BCUT2D eigenvalue weighted by Gasteiger charge is -2.14. The smallest absolute Gasteiger partial charge is 0.322 e. The largest absolute Gasteiger partial charge is 0.441 e. The lowest BCUT2D eigenvalue weighted by Crippen LogP contribution is -2.48. The molecule has 4 amide bonds. The molecule has 3 rings (SSSR count). The highest BCUT2D eigenvalue weighted by Gasteiger charge is 2.25. The number of rotatable bonds is 5. The van der Waals surface area contributed by atoms with Gasteiger partial charge in [0.25, 0.3) is 0 Å². The molecule has 1 fully saturated rings. The number of hydrogen-bond acceptors (Lipinski definition) is 5. The number of imide groups is 1. The number of aromatic nitrogens is 1. The number of fused-ring (bicyclic) bond motifs is 1. The van der Waals surface area contributed by atoms with E-state index < -0.39 is 12.1 Å². The molecule has 25 heavy (non-hydrogen) atoms. The first kappa shape index (κ1) is 16.9. The van der Waals surface area contributed by atoms with Crippen molar-refractivity contribution in [1.29, 1.82) is 0 Å². The molecule has 0 radical (unpaired) electrons. The van der Waals surface area contributed by atoms with E-state index in [9.17, 15) is 14.4 Å². The summed E-state index contributed by atoms with van der Waals surface area (Å²) in [4.78, 5) is 39.1. The summed E-state index contributed by atoms with van der Waals surface area (Å²) < 4.78 is 5.69. The lowest BCUT2D eigenvalue weighted by molar-refractivity contribution is -0.123. The number of aryl methyl sites for hydroxylation is 2. The number of hydrogen-bond donors (Lipinski definition) is 3. The Bertz CT molecular complexity index is 814. The molecule has 0 bridgehead atoms. The van der Waals surface area contributed by atoms with Crippen molar-refractivity contribution in [1.82, 2.24) is 20.9 Å². The van der Waals surface area contributed by atoms with E-state index in [1.165, 1.54) is 0 Å². The van der Waals surface area contributed by atoms with Crippen LogP contribution < -0.4 is 16.0 Å². The fourth-order valence-corrected chi connectivity index (χ4v) is 2.69. The minimum absolute atomic E-state index is 0.138. The number of benzene rings is 1. The summed E-state index contributed by atoms with van der Waals surface area (Å²) in [5.41, 5.74) is 2.70. The third-order valence-electron chi connectivity index (χ3n) is 3.99. The van der Waals surface area contributed by atoms with Crippen LogP contribution in [0.2, 0.25) is 0 Å². The maximum atomic E-state index is 12.1. The Labute approximate surface area is 144 Å². The summed E-state index contributed by atoms with van der Waals surface area (Å²) >= 11 is 0. The van der Waals surface area contributed by atoms with Crippen LogP contribution in [0.25, 0.3) is 11.1 Å². The normalized spacial score (nSPS) is 17.7. The molecule has 1 aliphatic heterocycles. The quantitative estimate of drug-likeness (QED) is 0.705. The molecule has 1 atom stereocenters. The number of carbonyl (C=O) groups is 3. The van der Waals surface area contributed by atoms with Gasteiger partial charge in [0.05, 0.1) is 0 Å². The monoisotopic (exact) mass is 344 g/mol. The summed E-state index contributed by atoms with van der Waals surface area (Å²) in [6.45, 7) is 2.43. The van der Waals surface area contributed by atoms with Crippen molar-refractivity contribution in [2.45, 2.75) is 38.6 Å². The topological polar surface area (TPSA) is 113 Å². The third kappa shape index (κ3) is 4.34. The molecule has 2 heterocycles. The molecule has 8 heteroatoms. The van der Waals surface area contributed by atoms with Crippen LogP contribution in [0, 0.1) is 6.92 Å². The van der Waals surface area contributed by atoms with Gasteiger partial charge >= 0.3 is 6.03 Å². The number of amides is 4. The minimum atomic E-state index is -0.696. The van der Waals surface area contributed by atoms with Crippen LogP contribution in [-0.2, 0) is 16.0 Å². The summed E-state index contributed by atoms with van der Waals surface area (Å²) in [6, 6.07) is 4.51. The number of nitrogens with one attached hydrogen (secondary N) is 3. The van der Waals surface area contributed by atoms with Gasteiger partial charge in [0.2, 0.25) is 11.8 Å². The molecule has 0 saturated carbocycles. The number of urea groups is 1. The van der Waals surface area contributed by atoms with Crippen molar-refractivity contribution in [3.63, 3.8) is 0 Å². The van der Waals surface area contributed by atoms with Crippen molar-refractivity contribution in [3.05, 3.63) is 29.7 Å². The number of oxazole rings is 1. The predicted octanol–water partition coefficient (Wildman–Crippen LogP) is 1.17. The Balaban J connectivity index is 1.46. The van der Waals surface area contributed by atoms with Crippen molar-refractivity contribution >= 4 is 28.9 Å². The van der Waals surface area contributed by atoms with Gasteiger partial charge in [-0.05, 0) is 37.5 Å². The molecule has 1 aliphatic rings. The average Bonchev–Trinajstić information content (AvgIpc) is 2.88.